The molecule has 3 aromatic rings. The number of carbonyl (C=O) groups is 2. The number of aliphatic hydroxyl groups is 1. The molecule has 6 nitrogen and oxygen atoms in total. The first-order valence-electron chi connectivity index (χ1n) is 12.3. The molecule has 0 saturated carbocycles. The van der Waals surface area contributed by atoms with Gasteiger partial charge in [-0.15, -0.1) is 12.4 Å². The number of hydrogen-bond donors (Lipinski definition) is 2. The summed E-state index contributed by atoms with van der Waals surface area (Å²) in [6, 6.07) is 28.4. The molecule has 0 bridgehead atoms. The van der Waals surface area contributed by atoms with E-state index in [2.05, 4.69) is 10.2 Å². The summed E-state index contributed by atoms with van der Waals surface area (Å²) in [5.41, 5.74) is 0.480. The maximum Gasteiger partial charge on any atom is 0.325 e. The number of rotatable bonds is 7. The highest BCUT2D eigenvalue weighted by molar-refractivity contribution is 6.09. The molecule has 3 aromatic carbocycles. The molecule has 0 spiro atoms. The predicted octanol–water partition coefficient (Wildman–Crippen LogP) is 4.28. The Morgan fingerprint density at radius 2 is 1.19 bits per heavy atom. The highest BCUT2D eigenvalue weighted by atomic mass is 35.5. The number of nitrogens with zero attached hydrogens (tertiary/aromatic N) is 2. The number of halogens is 1. The lowest BCUT2D eigenvalue weighted by molar-refractivity contribution is -0.130. The molecule has 2 N–H and O–H groups in total. The van der Waals surface area contributed by atoms with Gasteiger partial charge in [-0.25, -0.2) is 4.79 Å². The molecule has 7 heteroatoms. The van der Waals surface area contributed by atoms with Crippen molar-refractivity contribution >= 4 is 24.3 Å². The molecule has 36 heavy (non-hydrogen) atoms. The Balaban J connectivity index is 0.00000304. The second kappa shape index (κ2) is 10.8. The fourth-order valence-corrected chi connectivity index (χ4v) is 5.35. The first-order valence-corrected chi connectivity index (χ1v) is 12.3. The maximum absolute atomic E-state index is 13.8. The van der Waals surface area contributed by atoms with E-state index in [1.54, 1.807) is 0 Å². The van der Waals surface area contributed by atoms with Gasteiger partial charge in [0.25, 0.3) is 5.91 Å². The van der Waals surface area contributed by atoms with Crippen molar-refractivity contribution < 1.29 is 14.7 Å². The molecule has 2 saturated heterocycles. The minimum absolute atomic E-state index is 0. The second-order valence-electron chi connectivity index (χ2n) is 9.46. The van der Waals surface area contributed by atoms with Crippen LogP contribution < -0.4 is 5.32 Å². The zero-order chi connectivity index (χ0) is 24.3. The number of imide groups is 1. The van der Waals surface area contributed by atoms with Crippen LogP contribution in [-0.2, 0) is 15.9 Å². The van der Waals surface area contributed by atoms with E-state index in [0.29, 0.717) is 25.8 Å². The smallest absolute Gasteiger partial charge is 0.325 e. The average Bonchev–Trinajstić information content (AvgIpc) is 3.17. The van der Waals surface area contributed by atoms with Gasteiger partial charge < -0.3 is 15.3 Å². The SMILES string of the molecule is Cl.O=C1NC(c2ccccc2)(c2ccccc2)C(=O)N1CCCN1CCC(O)(c2ccccc2)CC1. The molecule has 3 amide bonds. The summed E-state index contributed by atoms with van der Waals surface area (Å²) in [6.45, 7) is 2.68. The van der Waals surface area contributed by atoms with Crippen molar-refractivity contribution in [2.45, 2.75) is 30.4 Å². The number of likely N-dealkylation sites (tertiary alicyclic amines) is 1. The second-order valence-corrected chi connectivity index (χ2v) is 9.46. The molecule has 2 aliphatic rings. The number of nitrogens with one attached hydrogen (secondary N) is 1. The summed E-state index contributed by atoms with van der Waals surface area (Å²) in [7, 11) is 0. The normalized spacial score (nSPS) is 19.0. The predicted molar refractivity (Wildman–Crippen MR) is 142 cm³/mol. The molecule has 0 radical (unpaired) electrons. The maximum atomic E-state index is 13.8. The molecular weight excluding hydrogens is 474 g/mol. The van der Waals surface area contributed by atoms with Crippen molar-refractivity contribution in [3.63, 3.8) is 0 Å². The van der Waals surface area contributed by atoms with Crippen LogP contribution in [0.15, 0.2) is 91.0 Å². The van der Waals surface area contributed by atoms with Crippen molar-refractivity contribution in [2.24, 2.45) is 0 Å². The monoisotopic (exact) mass is 505 g/mol. The van der Waals surface area contributed by atoms with Gasteiger partial charge in [-0.1, -0.05) is 91.0 Å². The van der Waals surface area contributed by atoms with Gasteiger partial charge in [-0.3, -0.25) is 9.69 Å². The Hall–Kier alpha value is -3.19. The number of hydrogen-bond acceptors (Lipinski definition) is 4. The van der Waals surface area contributed by atoms with Crippen LogP contribution >= 0.6 is 12.4 Å². The van der Waals surface area contributed by atoms with Crippen molar-refractivity contribution in [1.29, 1.82) is 0 Å². The lowest BCUT2D eigenvalue weighted by atomic mass is 9.82. The van der Waals surface area contributed by atoms with E-state index in [0.717, 1.165) is 36.3 Å². The van der Waals surface area contributed by atoms with Gasteiger partial charge in [0.2, 0.25) is 0 Å². The summed E-state index contributed by atoms with van der Waals surface area (Å²) < 4.78 is 0. The highest BCUT2D eigenvalue weighted by Gasteiger charge is 2.53. The van der Waals surface area contributed by atoms with Gasteiger partial charge in [-0.05, 0) is 42.5 Å². The van der Waals surface area contributed by atoms with Gasteiger partial charge in [-0.2, -0.15) is 0 Å². The quantitative estimate of drug-likeness (QED) is 0.470. The van der Waals surface area contributed by atoms with E-state index in [4.69, 9.17) is 0 Å². The van der Waals surface area contributed by atoms with Crippen LogP contribution in [0.3, 0.4) is 0 Å². The highest BCUT2D eigenvalue weighted by Crippen LogP contribution is 2.36. The summed E-state index contributed by atoms with van der Waals surface area (Å²) in [5.74, 6) is -0.239. The van der Waals surface area contributed by atoms with Crippen molar-refractivity contribution in [3.8, 4) is 0 Å². The molecule has 0 aliphatic carbocycles. The van der Waals surface area contributed by atoms with Crippen molar-refractivity contribution in [2.75, 3.05) is 26.2 Å². The lowest BCUT2D eigenvalue weighted by Gasteiger charge is -2.38. The fourth-order valence-electron chi connectivity index (χ4n) is 5.35. The molecule has 2 fully saturated rings. The summed E-state index contributed by atoms with van der Waals surface area (Å²) in [6.07, 6.45) is 2.03. The topological polar surface area (TPSA) is 72.9 Å². The first kappa shape index (κ1) is 25.9. The standard InChI is InChI=1S/C29H31N3O3.ClH/c33-26-29(24-13-6-2-7-14-24,25-15-8-3-9-16-25)30-27(34)32(26)20-10-19-31-21-17-28(35,18-22-31)23-11-4-1-5-12-23;/h1-9,11-16,35H,10,17-22H2,(H,30,34);1H. The van der Waals surface area contributed by atoms with E-state index in [-0.39, 0.29) is 24.3 Å². The van der Waals surface area contributed by atoms with Crippen LogP contribution in [0.4, 0.5) is 4.79 Å². The van der Waals surface area contributed by atoms with Crippen LogP contribution in [0.1, 0.15) is 36.0 Å². The molecule has 2 heterocycles. The van der Waals surface area contributed by atoms with Gasteiger partial charge in [0.05, 0.1) is 5.60 Å². The van der Waals surface area contributed by atoms with Gasteiger partial charge in [0.1, 0.15) is 0 Å². The van der Waals surface area contributed by atoms with Gasteiger partial charge in [0.15, 0.2) is 5.54 Å². The van der Waals surface area contributed by atoms with Crippen molar-refractivity contribution in [3.05, 3.63) is 108 Å². The number of amides is 3. The van der Waals surface area contributed by atoms with E-state index < -0.39 is 11.1 Å². The van der Waals surface area contributed by atoms with Crippen LogP contribution in [0, 0.1) is 0 Å². The number of urea groups is 1. The molecule has 188 valence electrons. The Morgan fingerprint density at radius 3 is 1.69 bits per heavy atom. The van der Waals surface area contributed by atoms with Crippen LogP contribution in [0.5, 0.6) is 0 Å². The molecular formula is C29H32ClN3O3. The summed E-state index contributed by atoms with van der Waals surface area (Å²) in [5, 5.41) is 14.1. The van der Waals surface area contributed by atoms with Gasteiger partial charge in [0, 0.05) is 19.6 Å². The minimum atomic E-state index is -1.21. The average molecular weight is 506 g/mol. The molecule has 2 aliphatic heterocycles. The van der Waals surface area contributed by atoms with Gasteiger partial charge >= 0.3 is 6.03 Å². The van der Waals surface area contributed by atoms with Crippen LogP contribution in [0.2, 0.25) is 0 Å². The van der Waals surface area contributed by atoms with E-state index >= 15 is 0 Å². The minimum Gasteiger partial charge on any atom is -0.385 e. The Morgan fingerprint density at radius 1 is 0.722 bits per heavy atom. The van der Waals surface area contributed by atoms with Crippen molar-refractivity contribution in [1.82, 2.24) is 15.1 Å². The first-order chi connectivity index (χ1) is 17.0. The summed E-state index contributed by atoms with van der Waals surface area (Å²) >= 11 is 0. The third-order valence-electron chi connectivity index (χ3n) is 7.37. The molecule has 5 rings (SSSR count). The largest absolute Gasteiger partial charge is 0.385 e. The molecule has 0 unspecified atom stereocenters. The molecule has 0 atom stereocenters. The zero-order valence-electron chi connectivity index (χ0n) is 20.2. The van der Waals surface area contributed by atoms with E-state index in [1.165, 1.54) is 4.90 Å². The zero-order valence-corrected chi connectivity index (χ0v) is 21.0. The van der Waals surface area contributed by atoms with E-state index in [9.17, 15) is 14.7 Å². The van der Waals surface area contributed by atoms with Crippen LogP contribution in [0.25, 0.3) is 0 Å². The number of benzene rings is 3. The fraction of sp³-hybridized carbons (Fsp3) is 0.310. The lowest BCUT2D eigenvalue weighted by Crippen LogP contribution is -2.45. The van der Waals surface area contributed by atoms with E-state index in [1.807, 2.05) is 91.0 Å². The Bertz CT molecular complexity index is 1130. The van der Waals surface area contributed by atoms with Crippen LogP contribution in [-0.4, -0.2) is 53.0 Å². The summed E-state index contributed by atoms with van der Waals surface area (Å²) in [4.78, 5) is 30.4. The third kappa shape index (κ3) is 4.76. The third-order valence-corrected chi connectivity index (χ3v) is 7.37. The number of piperidine rings is 1. The Kier molecular flexibility index (Phi) is 7.79. The number of carbonyl (C=O) groups excluding carboxylic acids is 2. The Labute approximate surface area is 218 Å². The molecule has 0 aromatic heterocycles.